The van der Waals surface area contributed by atoms with E-state index >= 15 is 0 Å². The number of carbonyl (C=O) groups excluding carboxylic acids is 1. The van der Waals surface area contributed by atoms with Crippen LogP contribution in [0.3, 0.4) is 0 Å². The molecule has 5 heteroatoms. The highest BCUT2D eigenvalue weighted by atomic mass is 32.2. The molecule has 0 unspecified atom stereocenters. The smallest absolute Gasteiger partial charge is 0.172 e. The fraction of sp³-hybridized carbons (Fsp3) is 0.294. The number of aliphatic hydroxyl groups excluding tert-OH is 1. The maximum Gasteiger partial charge on any atom is 0.172 e. The van der Waals surface area contributed by atoms with Crippen LogP contribution in [0.1, 0.15) is 22.3 Å². The third-order valence-electron chi connectivity index (χ3n) is 3.59. The van der Waals surface area contributed by atoms with Gasteiger partial charge in [-0.1, -0.05) is 0 Å². The lowest BCUT2D eigenvalue weighted by Crippen LogP contribution is -2.03. The van der Waals surface area contributed by atoms with Crippen molar-refractivity contribution in [3.05, 3.63) is 41.6 Å². The summed E-state index contributed by atoms with van der Waals surface area (Å²) in [5.41, 5.74) is 3.68. The van der Waals surface area contributed by atoms with Crippen molar-refractivity contribution in [2.24, 2.45) is 0 Å². The van der Waals surface area contributed by atoms with Crippen molar-refractivity contribution in [3.63, 3.8) is 0 Å². The molecule has 2 N–H and O–H groups in total. The number of rotatable bonds is 6. The first kappa shape index (κ1) is 15.1. The van der Waals surface area contributed by atoms with Crippen LogP contribution in [0, 0.1) is 6.92 Å². The standard InChI is InChI=1S/C17H18N2O2S/c1-11-7-14-13-8-12(16(21)10-22-6-2-5-20)3-4-15(13)19-17(14)18-9-11/h3-4,7-9,20H,2,5-6,10H2,1H3,(H,18,19). The number of aryl methyl sites for hydroxylation is 1. The first-order valence-corrected chi connectivity index (χ1v) is 8.44. The van der Waals surface area contributed by atoms with Crippen LogP contribution in [0.5, 0.6) is 0 Å². The average Bonchev–Trinajstić information content (AvgIpc) is 2.88. The molecule has 0 aliphatic rings. The third-order valence-corrected chi connectivity index (χ3v) is 4.63. The van der Waals surface area contributed by atoms with Gasteiger partial charge in [0.05, 0.1) is 5.75 Å². The van der Waals surface area contributed by atoms with E-state index in [-0.39, 0.29) is 12.4 Å². The average molecular weight is 314 g/mol. The van der Waals surface area contributed by atoms with E-state index in [1.807, 2.05) is 31.3 Å². The van der Waals surface area contributed by atoms with E-state index in [0.717, 1.165) is 45.2 Å². The number of ketones is 1. The maximum absolute atomic E-state index is 12.3. The number of nitrogens with zero attached hydrogens (tertiary/aromatic N) is 1. The molecule has 2 aromatic heterocycles. The molecular formula is C17H18N2O2S. The number of H-pyrrole nitrogens is 1. The number of benzene rings is 1. The molecule has 0 bridgehead atoms. The van der Waals surface area contributed by atoms with Crippen LogP contribution in [0.15, 0.2) is 30.5 Å². The number of fused-ring (bicyclic) bond motifs is 3. The van der Waals surface area contributed by atoms with E-state index in [2.05, 4.69) is 16.0 Å². The van der Waals surface area contributed by atoms with Gasteiger partial charge < -0.3 is 10.1 Å². The monoisotopic (exact) mass is 314 g/mol. The van der Waals surface area contributed by atoms with Crippen molar-refractivity contribution in [2.75, 3.05) is 18.1 Å². The largest absolute Gasteiger partial charge is 0.396 e. The van der Waals surface area contributed by atoms with Crippen LogP contribution in [-0.2, 0) is 0 Å². The van der Waals surface area contributed by atoms with Gasteiger partial charge in [-0.3, -0.25) is 4.79 Å². The molecular weight excluding hydrogens is 296 g/mol. The summed E-state index contributed by atoms with van der Waals surface area (Å²) in [6, 6.07) is 7.84. The molecule has 0 amide bonds. The summed E-state index contributed by atoms with van der Waals surface area (Å²) in [5, 5.41) is 10.9. The minimum Gasteiger partial charge on any atom is -0.396 e. The lowest BCUT2D eigenvalue weighted by Gasteiger charge is -2.02. The molecule has 22 heavy (non-hydrogen) atoms. The fourth-order valence-corrected chi connectivity index (χ4v) is 3.30. The minimum atomic E-state index is 0.125. The van der Waals surface area contributed by atoms with E-state index in [0.29, 0.717) is 5.75 Å². The minimum absolute atomic E-state index is 0.125. The fourth-order valence-electron chi connectivity index (χ4n) is 2.47. The van der Waals surface area contributed by atoms with Gasteiger partial charge in [-0.15, -0.1) is 0 Å². The first-order valence-electron chi connectivity index (χ1n) is 7.29. The normalized spacial score (nSPS) is 11.4. The second-order valence-corrected chi connectivity index (χ2v) is 6.45. The number of aromatic amines is 1. The number of pyridine rings is 1. The Balaban J connectivity index is 1.90. The van der Waals surface area contributed by atoms with Crippen molar-refractivity contribution < 1.29 is 9.90 Å². The quantitative estimate of drug-likeness (QED) is 0.541. The second-order valence-electron chi connectivity index (χ2n) is 5.35. The summed E-state index contributed by atoms with van der Waals surface area (Å²) in [6.45, 7) is 2.19. The molecule has 2 heterocycles. The molecule has 3 aromatic rings. The highest BCUT2D eigenvalue weighted by Gasteiger charge is 2.10. The zero-order chi connectivity index (χ0) is 15.5. The van der Waals surface area contributed by atoms with Crippen LogP contribution in [0.25, 0.3) is 21.9 Å². The molecule has 0 saturated carbocycles. The molecule has 114 valence electrons. The summed E-state index contributed by atoms with van der Waals surface area (Å²) in [5.74, 6) is 1.38. The summed E-state index contributed by atoms with van der Waals surface area (Å²) in [6.07, 6.45) is 2.56. The second kappa shape index (κ2) is 6.50. The van der Waals surface area contributed by atoms with Crippen LogP contribution in [0.2, 0.25) is 0 Å². The number of aromatic nitrogens is 2. The lowest BCUT2D eigenvalue weighted by atomic mass is 10.1. The zero-order valence-electron chi connectivity index (χ0n) is 12.4. The summed E-state index contributed by atoms with van der Waals surface area (Å²) >= 11 is 1.56. The van der Waals surface area contributed by atoms with E-state index < -0.39 is 0 Å². The van der Waals surface area contributed by atoms with Crippen molar-refractivity contribution in [2.45, 2.75) is 13.3 Å². The van der Waals surface area contributed by atoms with Crippen molar-refractivity contribution >= 4 is 39.5 Å². The van der Waals surface area contributed by atoms with E-state index in [4.69, 9.17) is 5.11 Å². The van der Waals surface area contributed by atoms with Crippen LogP contribution in [0.4, 0.5) is 0 Å². The van der Waals surface area contributed by atoms with Crippen LogP contribution >= 0.6 is 11.8 Å². The number of aliphatic hydroxyl groups is 1. The Morgan fingerprint density at radius 3 is 3.00 bits per heavy atom. The van der Waals surface area contributed by atoms with Crippen molar-refractivity contribution in [1.29, 1.82) is 0 Å². The zero-order valence-corrected chi connectivity index (χ0v) is 13.2. The third kappa shape index (κ3) is 3.00. The number of hydrogen-bond acceptors (Lipinski definition) is 4. The van der Waals surface area contributed by atoms with Gasteiger partial charge in [-0.25, -0.2) is 4.98 Å². The van der Waals surface area contributed by atoms with Crippen molar-refractivity contribution in [3.8, 4) is 0 Å². The maximum atomic E-state index is 12.3. The van der Waals surface area contributed by atoms with Gasteiger partial charge in [0.25, 0.3) is 0 Å². The molecule has 0 radical (unpaired) electrons. The van der Waals surface area contributed by atoms with Crippen LogP contribution in [-0.4, -0.2) is 39.0 Å². The first-order chi connectivity index (χ1) is 10.7. The predicted octanol–water partition coefficient (Wildman–Crippen LogP) is 3.32. The highest BCUT2D eigenvalue weighted by molar-refractivity contribution is 7.99. The molecule has 0 aliphatic carbocycles. The Morgan fingerprint density at radius 1 is 1.32 bits per heavy atom. The number of Topliss-reactive ketones (excluding diaryl/α,β-unsaturated/α-hetero) is 1. The molecule has 0 spiro atoms. The molecule has 0 fully saturated rings. The van der Waals surface area contributed by atoms with Gasteiger partial charge in [0.2, 0.25) is 0 Å². The Morgan fingerprint density at radius 2 is 2.18 bits per heavy atom. The van der Waals surface area contributed by atoms with Crippen molar-refractivity contribution in [1.82, 2.24) is 9.97 Å². The molecule has 0 atom stereocenters. The lowest BCUT2D eigenvalue weighted by molar-refractivity contribution is 0.102. The molecule has 4 nitrogen and oxygen atoms in total. The van der Waals surface area contributed by atoms with Gasteiger partial charge >= 0.3 is 0 Å². The molecule has 0 saturated heterocycles. The van der Waals surface area contributed by atoms with E-state index in [9.17, 15) is 4.79 Å². The highest BCUT2D eigenvalue weighted by Crippen LogP contribution is 2.26. The van der Waals surface area contributed by atoms with Gasteiger partial charge in [0, 0.05) is 34.7 Å². The van der Waals surface area contributed by atoms with Gasteiger partial charge in [-0.05, 0) is 48.9 Å². The topological polar surface area (TPSA) is 66.0 Å². The van der Waals surface area contributed by atoms with Gasteiger partial charge in [0.15, 0.2) is 5.78 Å². The number of hydrogen-bond donors (Lipinski definition) is 2. The summed E-state index contributed by atoms with van der Waals surface area (Å²) < 4.78 is 0. The van der Waals surface area contributed by atoms with E-state index in [1.165, 1.54) is 0 Å². The van der Waals surface area contributed by atoms with Gasteiger partial charge in [-0.2, -0.15) is 11.8 Å². The Bertz CT molecular complexity index is 826. The Labute approximate surface area is 132 Å². The SMILES string of the molecule is Cc1cnc2[nH]c3ccc(C(=O)CSCCCO)cc3c2c1. The number of carbonyl (C=O) groups is 1. The summed E-state index contributed by atoms with van der Waals surface area (Å²) in [4.78, 5) is 19.9. The van der Waals surface area contributed by atoms with Gasteiger partial charge in [0.1, 0.15) is 5.65 Å². The Hall–Kier alpha value is -1.85. The summed E-state index contributed by atoms with van der Waals surface area (Å²) in [7, 11) is 0. The number of thioether (sulfide) groups is 1. The van der Waals surface area contributed by atoms with E-state index in [1.54, 1.807) is 11.8 Å². The Kier molecular flexibility index (Phi) is 4.45. The molecule has 3 rings (SSSR count). The van der Waals surface area contributed by atoms with Crippen LogP contribution < -0.4 is 0 Å². The molecule has 0 aliphatic heterocycles. The predicted molar refractivity (Wildman–Crippen MR) is 91.7 cm³/mol. The number of nitrogens with one attached hydrogen (secondary N) is 1. The molecule has 1 aromatic carbocycles.